The van der Waals surface area contributed by atoms with E-state index in [-0.39, 0.29) is 12.3 Å². The van der Waals surface area contributed by atoms with Gasteiger partial charge in [0.2, 0.25) is 5.91 Å². The molecule has 146 valence electrons. The Labute approximate surface area is 164 Å². The van der Waals surface area contributed by atoms with Crippen molar-refractivity contribution in [3.8, 4) is 11.5 Å². The first-order valence-corrected chi connectivity index (χ1v) is 8.94. The molecule has 6 nitrogen and oxygen atoms in total. The molecule has 0 aliphatic carbocycles. The minimum atomic E-state index is -0.947. The molecule has 0 radical (unpaired) electrons. The van der Waals surface area contributed by atoms with Gasteiger partial charge in [-0.05, 0) is 35.4 Å². The lowest BCUT2D eigenvalue weighted by molar-refractivity contribution is -0.159. The molecule has 28 heavy (non-hydrogen) atoms. The number of aliphatic carboxylic acids is 1. The Hall–Kier alpha value is -3.28. The number of carbonyl (C=O) groups excluding carboxylic acids is 1. The molecule has 0 bridgehead atoms. The lowest BCUT2D eigenvalue weighted by atomic mass is 9.80. The van der Waals surface area contributed by atoms with Gasteiger partial charge >= 0.3 is 5.97 Å². The van der Waals surface area contributed by atoms with Crippen molar-refractivity contribution in [2.45, 2.75) is 18.5 Å². The first kappa shape index (κ1) is 19.5. The summed E-state index contributed by atoms with van der Waals surface area (Å²) in [6, 6.07) is 14.0. The number of likely N-dealkylation sites (tertiary alicyclic amines) is 1. The third-order valence-electron chi connectivity index (χ3n) is 5.09. The molecule has 2 unspecified atom stereocenters. The number of carboxylic acid groups (broad SMARTS) is 1. The van der Waals surface area contributed by atoms with Gasteiger partial charge in [-0.15, -0.1) is 6.58 Å². The highest BCUT2D eigenvalue weighted by molar-refractivity contribution is 5.90. The fourth-order valence-corrected chi connectivity index (χ4v) is 3.66. The summed E-state index contributed by atoms with van der Waals surface area (Å²) in [5.41, 5.74) is 1.74. The van der Waals surface area contributed by atoms with Crippen LogP contribution in [0.1, 0.15) is 23.6 Å². The van der Waals surface area contributed by atoms with E-state index in [0.29, 0.717) is 11.5 Å². The number of β-lactam (4-membered cyclic amide) rings is 1. The maximum Gasteiger partial charge on any atom is 0.305 e. The fourth-order valence-electron chi connectivity index (χ4n) is 3.66. The van der Waals surface area contributed by atoms with Crippen molar-refractivity contribution in [1.29, 1.82) is 0 Å². The number of benzene rings is 2. The molecule has 3 rings (SSSR count). The van der Waals surface area contributed by atoms with E-state index in [0.717, 1.165) is 11.1 Å². The van der Waals surface area contributed by atoms with Crippen molar-refractivity contribution in [3.63, 3.8) is 0 Å². The number of amides is 1. The Balaban J connectivity index is 2.04. The van der Waals surface area contributed by atoms with Gasteiger partial charge in [-0.2, -0.15) is 0 Å². The average molecular weight is 381 g/mol. The molecule has 1 saturated heterocycles. The SMILES string of the molecule is C=CC1C(=O)N(C(c2ccc(OC)cc2)c2ccc(OC)cc2)C1CC(=O)O. The van der Waals surface area contributed by atoms with Gasteiger partial charge in [0.15, 0.2) is 0 Å². The second-order valence-corrected chi connectivity index (χ2v) is 6.62. The molecule has 2 aromatic carbocycles. The number of ether oxygens (including phenoxy) is 2. The molecule has 1 N–H and O–H groups in total. The monoisotopic (exact) mass is 381 g/mol. The average Bonchev–Trinajstić information content (AvgIpc) is 2.72. The third kappa shape index (κ3) is 3.58. The summed E-state index contributed by atoms with van der Waals surface area (Å²) < 4.78 is 10.5. The molecule has 2 atom stereocenters. The van der Waals surface area contributed by atoms with Crippen molar-refractivity contribution < 1.29 is 24.2 Å². The number of rotatable bonds is 8. The van der Waals surface area contributed by atoms with Gasteiger partial charge in [-0.25, -0.2) is 0 Å². The van der Waals surface area contributed by atoms with Gasteiger partial charge in [-0.1, -0.05) is 30.3 Å². The zero-order valence-corrected chi connectivity index (χ0v) is 15.9. The standard InChI is InChI=1S/C22H23NO5/c1-4-18-19(13-20(24)25)23(22(18)26)21(14-5-9-16(27-2)10-6-14)15-7-11-17(28-3)12-8-15/h4-12,18-19,21H,1,13H2,2-3H3,(H,24,25). The molecule has 0 spiro atoms. The summed E-state index contributed by atoms with van der Waals surface area (Å²) in [7, 11) is 3.18. The zero-order valence-electron chi connectivity index (χ0n) is 15.9. The molecule has 2 aromatic rings. The first-order valence-electron chi connectivity index (χ1n) is 8.94. The summed E-state index contributed by atoms with van der Waals surface area (Å²) in [6.07, 6.45) is 1.40. The van der Waals surface area contributed by atoms with Gasteiger partial charge < -0.3 is 19.5 Å². The number of hydrogen-bond acceptors (Lipinski definition) is 4. The Morgan fingerprint density at radius 2 is 1.54 bits per heavy atom. The molecule has 6 heteroatoms. The Morgan fingerprint density at radius 1 is 1.07 bits per heavy atom. The summed E-state index contributed by atoms with van der Waals surface area (Å²) in [5, 5.41) is 9.32. The van der Waals surface area contributed by atoms with Crippen molar-refractivity contribution in [3.05, 3.63) is 72.3 Å². The number of hydrogen-bond donors (Lipinski definition) is 1. The van der Waals surface area contributed by atoms with E-state index in [2.05, 4.69) is 6.58 Å². The molecule has 1 fully saturated rings. The highest BCUT2D eigenvalue weighted by atomic mass is 16.5. The van der Waals surface area contributed by atoms with E-state index in [1.807, 2.05) is 48.5 Å². The first-order chi connectivity index (χ1) is 13.5. The van der Waals surface area contributed by atoms with Gasteiger partial charge in [0.1, 0.15) is 11.5 Å². The van der Waals surface area contributed by atoms with Gasteiger partial charge in [0, 0.05) is 0 Å². The van der Waals surface area contributed by atoms with Gasteiger partial charge in [0.25, 0.3) is 0 Å². The van der Waals surface area contributed by atoms with Crippen LogP contribution in [0, 0.1) is 5.92 Å². The normalized spacial score (nSPS) is 18.5. The van der Waals surface area contributed by atoms with Crippen LogP contribution in [0.25, 0.3) is 0 Å². The predicted octanol–water partition coefficient (Wildman–Crippen LogP) is 3.28. The van der Waals surface area contributed by atoms with Crippen LogP contribution in [0.15, 0.2) is 61.2 Å². The smallest absolute Gasteiger partial charge is 0.305 e. The largest absolute Gasteiger partial charge is 0.497 e. The van der Waals surface area contributed by atoms with Crippen LogP contribution in [0.3, 0.4) is 0 Å². The number of methoxy groups -OCH3 is 2. The van der Waals surface area contributed by atoms with Crippen LogP contribution in [-0.4, -0.2) is 42.1 Å². The highest BCUT2D eigenvalue weighted by Crippen LogP contribution is 2.42. The van der Waals surface area contributed by atoms with Gasteiger partial charge in [0.05, 0.1) is 38.6 Å². The van der Waals surface area contributed by atoms with E-state index >= 15 is 0 Å². The van der Waals surface area contributed by atoms with Crippen molar-refractivity contribution >= 4 is 11.9 Å². The van der Waals surface area contributed by atoms with Crippen LogP contribution in [-0.2, 0) is 9.59 Å². The summed E-state index contributed by atoms with van der Waals surface area (Å²) in [4.78, 5) is 25.8. The van der Waals surface area contributed by atoms with Crippen LogP contribution in [0.5, 0.6) is 11.5 Å². The topological polar surface area (TPSA) is 76.1 Å². The Morgan fingerprint density at radius 3 is 1.89 bits per heavy atom. The lowest BCUT2D eigenvalue weighted by Crippen LogP contribution is -2.61. The zero-order chi connectivity index (χ0) is 20.3. The molecule has 0 saturated carbocycles. The van der Waals surface area contributed by atoms with Crippen LogP contribution in [0.2, 0.25) is 0 Å². The van der Waals surface area contributed by atoms with Gasteiger partial charge in [-0.3, -0.25) is 9.59 Å². The van der Waals surface area contributed by atoms with E-state index in [9.17, 15) is 14.7 Å². The Bertz CT molecular complexity index is 812. The molecular formula is C22H23NO5. The number of carboxylic acids is 1. The maximum atomic E-state index is 12.8. The molecule has 1 aliphatic rings. The molecule has 1 heterocycles. The molecule has 1 aliphatic heterocycles. The summed E-state index contributed by atoms with van der Waals surface area (Å²) in [6.45, 7) is 3.70. The van der Waals surface area contributed by atoms with Crippen molar-refractivity contribution in [2.24, 2.45) is 5.92 Å². The summed E-state index contributed by atoms with van der Waals surface area (Å²) >= 11 is 0. The maximum absolute atomic E-state index is 12.8. The molecule has 0 aromatic heterocycles. The predicted molar refractivity (Wildman–Crippen MR) is 104 cm³/mol. The second-order valence-electron chi connectivity index (χ2n) is 6.62. The lowest BCUT2D eigenvalue weighted by Gasteiger charge is -2.50. The van der Waals surface area contributed by atoms with Crippen LogP contribution < -0.4 is 9.47 Å². The minimum absolute atomic E-state index is 0.127. The Kier molecular flexibility index (Phi) is 5.68. The van der Waals surface area contributed by atoms with Crippen molar-refractivity contribution in [2.75, 3.05) is 14.2 Å². The van der Waals surface area contributed by atoms with Crippen LogP contribution >= 0.6 is 0 Å². The third-order valence-corrected chi connectivity index (χ3v) is 5.09. The van der Waals surface area contributed by atoms with E-state index < -0.39 is 24.0 Å². The van der Waals surface area contributed by atoms with E-state index in [1.165, 1.54) is 6.08 Å². The van der Waals surface area contributed by atoms with Crippen molar-refractivity contribution in [1.82, 2.24) is 4.90 Å². The highest BCUT2D eigenvalue weighted by Gasteiger charge is 2.50. The second kappa shape index (κ2) is 8.17. The quantitative estimate of drug-likeness (QED) is 0.561. The molecular weight excluding hydrogens is 358 g/mol. The summed E-state index contributed by atoms with van der Waals surface area (Å²) in [5.74, 6) is -0.151. The van der Waals surface area contributed by atoms with Crippen LogP contribution in [0.4, 0.5) is 0 Å². The number of carbonyl (C=O) groups is 2. The van der Waals surface area contributed by atoms with E-state index in [4.69, 9.17) is 9.47 Å². The minimum Gasteiger partial charge on any atom is -0.497 e. The fraction of sp³-hybridized carbons (Fsp3) is 0.273. The van der Waals surface area contributed by atoms with E-state index in [1.54, 1.807) is 19.1 Å². The number of nitrogens with zero attached hydrogens (tertiary/aromatic N) is 1. The molecule has 1 amide bonds.